The molecule has 2 aliphatic heterocycles. The predicted octanol–water partition coefficient (Wildman–Crippen LogP) is 1.16. The lowest BCUT2D eigenvalue weighted by molar-refractivity contribution is -0.116. The molecule has 1 amide bonds. The Balaban J connectivity index is 1.60. The Labute approximate surface area is 176 Å². The minimum Gasteiger partial charge on any atom is -0.320 e. The Kier molecular flexibility index (Phi) is 5.52. The van der Waals surface area contributed by atoms with Gasteiger partial charge in [0.05, 0.1) is 11.4 Å². The van der Waals surface area contributed by atoms with Gasteiger partial charge in [0.25, 0.3) is 5.56 Å². The number of hydrogen-bond acceptors (Lipinski definition) is 5. The second-order valence-electron chi connectivity index (χ2n) is 8.31. The van der Waals surface area contributed by atoms with E-state index >= 15 is 0 Å². The fourth-order valence-corrected chi connectivity index (χ4v) is 5.99. The quantitative estimate of drug-likeness (QED) is 0.769. The van der Waals surface area contributed by atoms with Gasteiger partial charge in [-0.25, -0.2) is 8.42 Å². The maximum absolute atomic E-state index is 13.1. The van der Waals surface area contributed by atoms with E-state index in [-0.39, 0.29) is 35.5 Å². The van der Waals surface area contributed by atoms with Gasteiger partial charge in [-0.15, -0.1) is 0 Å². The highest BCUT2D eigenvalue weighted by molar-refractivity contribution is 7.89. The van der Waals surface area contributed by atoms with Crippen molar-refractivity contribution in [3.8, 4) is 0 Å². The highest BCUT2D eigenvalue weighted by atomic mass is 32.2. The molecule has 0 radical (unpaired) electrons. The third-order valence-electron chi connectivity index (χ3n) is 5.69. The van der Waals surface area contributed by atoms with E-state index in [9.17, 15) is 18.0 Å². The van der Waals surface area contributed by atoms with Crippen molar-refractivity contribution in [1.29, 1.82) is 0 Å². The number of rotatable bonds is 5. The molecule has 2 atom stereocenters. The van der Waals surface area contributed by atoms with Crippen LogP contribution in [0.15, 0.2) is 52.2 Å². The number of sulfonamides is 1. The van der Waals surface area contributed by atoms with Crippen LogP contribution in [0.3, 0.4) is 0 Å². The number of nitrogens with one attached hydrogen (secondary N) is 1. The summed E-state index contributed by atoms with van der Waals surface area (Å²) in [4.78, 5) is 27.0. The van der Waals surface area contributed by atoms with E-state index in [0.29, 0.717) is 24.5 Å². The summed E-state index contributed by atoms with van der Waals surface area (Å²) >= 11 is 0. The molecular weight excluding hydrogens is 404 g/mol. The number of piperidine rings is 1. The molecule has 0 spiro atoms. The molecular formula is C21H26N4O4S. The maximum Gasteiger partial charge on any atom is 0.274 e. The van der Waals surface area contributed by atoms with Gasteiger partial charge in [0.1, 0.15) is 5.69 Å². The number of nitrogens with zero attached hydrogens (tertiary/aromatic N) is 3. The van der Waals surface area contributed by atoms with Gasteiger partial charge in [-0.2, -0.15) is 4.31 Å². The molecule has 0 saturated carbocycles. The van der Waals surface area contributed by atoms with E-state index in [1.54, 1.807) is 64.3 Å². The minimum absolute atomic E-state index is 0.0461. The summed E-state index contributed by atoms with van der Waals surface area (Å²) in [6.45, 7) is 1.37. The molecule has 2 bridgehead atoms. The van der Waals surface area contributed by atoms with Crippen LogP contribution in [0, 0.1) is 5.92 Å². The van der Waals surface area contributed by atoms with Gasteiger partial charge in [-0.05, 0) is 50.7 Å². The van der Waals surface area contributed by atoms with E-state index < -0.39 is 10.0 Å². The number of carbonyl (C=O) groups is 1. The van der Waals surface area contributed by atoms with E-state index in [1.807, 2.05) is 6.07 Å². The topological polar surface area (TPSA) is 91.7 Å². The molecule has 1 N–H and O–H groups in total. The van der Waals surface area contributed by atoms with Gasteiger partial charge in [-0.3, -0.25) is 9.59 Å². The summed E-state index contributed by atoms with van der Waals surface area (Å²) in [6.07, 6.45) is 0.854. The first-order valence-electron chi connectivity index (χ1n) is 9.99. The number of hydrogen-bond donors (Lipinski definition) is 1. The Morgan fingerprint density at radius 1 is 1.10 bits per heavy atom. The molecule has 160 valence electrons. The summed E-state index contributed by atoms with van der Waals surface area (Å²) < 4.78 is 29.4. The van der Waals surface area contributed by atoms with Crippen LogP contribution in [0.5, 0.6) is 0 Å². The van der Waals surface area contributed by atoms with Crippen molar-refractivity contribution < 1.29 is 13.2 Å². The standard InChI is InChI=1S/C21H26N4O4S/c1-23(2)14-20(26)22-18-8-9-19-16-10-15(12-25(19)21(18)27)11-24(13-16)30(28,29)17-6-4-3-5-7-17/h3-9,15-16H,10-14H2,1-2H3,(H,22,26)/t15-,16-/m1/s1. The van der Waals surface area contributed by atoms with E-state index in [1.165, 1.54) is 0 Å². The normalized spacial score (nSPS) is 21.3. The lowest BCUT2D eigenvalue weighted by atomic mass is 9.84. The van der Waals surface area contributed by atoms with Crippen LogP contribution in [0.1, 0.15) is 18.0 Å². The van der Waals surface area contributed by atoms with Gasteiger partial charge in [-0.1, -0.05) is 18.2 Å². The molecule has 2 aromatic rings. The zero-order valence-corrected chi connectivity index (χ0v) is 17.9. The largest absolute Gasteiger partial charge is 0.320 e. The Bertz CT molecular complexity index is 1110. The number of fused-ring (bicyclic) bond motifs is 4. The number of anilines is 1. The first-order chi connectivity index (χ1) is 14.3. The summed E-state index contributed by atoms with van der Waals surface area (Å²) in [5, 5.41) is 2.69. The predicted molar refractivity (Wildman–Crippen MR) is 114 cm³/mol. The summed E-state index contributed by atoms with van der Waals surface area (Å²) in [6, 6.07) is 11.9. The van der Waals surface area contributed by atoms with Gasteiger partial charge < -0.3 is 14.8 Å². The fourth-order valence-electron chi connectivity index (χ4n) is 4.41. The molecule has 1 aromatic heterocycles. The number of benzene rings is 1. The van der Waals surface area contributed by atoms with E-state index in [0.717, 1.165) is 12.1 Å². The van der Waals surface area contributed by atoms with Crippen molar-refractivity contribution in [2.75, 3.05) is 39.0 Å². The molecule has 8 nitrogen and oxygen atoms in total. The SMILES string of the molecule is CN(C)CC(=O)Nc1ccc2n(c1=O)C[C@@H]1C[C@@H]2CN(S(=O)(=O)c2ccccc2)C1. The minimum atomic E-state index is -3.57. The fraction of sp³-hybridized carbons (Fsp3) is 0.429. The highest BCUT2D eigenvalue weighted by Crippen LogP contribution is 2.37. The van der Waals surface area contributed by atoms with Crippen molar-refractivity contribution in [3.63, 3.8) is 0 Å². The first-order valence-corrected chi connectivity index (χ1v) is 11.4. The third kappa shape index (κ3) is 3.92. The van der Waals surface area contributed by atoms with Crippen LogP contribution in [-0.4, -0.2) is 61.8 Å². The Hall–Kier alpha value is -2.49. The van der Waals surface area contributed by atoms with Crippen LogP contribution >= 0.6 is 0 Å². The van der Waals surface area contributed by atoms with E-state index in [4.69, 9.17) is 0 Å². The van der Waals surface area contributed by atoms with Crippen molar-refractivity contribution in [2.45, 2.75) is 23.8 Å². The molecule has 1 aromatic carbocycles. The van der Waals surface area contributed by atoms with Crippen LogP contribution in [0.25, 0.3) is 0 Å². The van der Waals surface area contributed by atoms with Crippen molar-refractivity contribution in [1.82, 2.24) is 13.8 Å². The molecule has 30 heavy (non-hydrogen) atoms. The second-order valence-corrected chi connectivity index (χ2v) is 10.2. The van der Waals surface area contributed by atoms with Gasteiger partial charge in [0.15, 0.2) is 0 Å². The second kappa shape index (κ2) is 7.98. The smallest absolute Gasteiger partial charge is 0.274 e. The lowest BCUT2D eigenvalue weighted by Crippen LogP contribution is -2.49. The number of amides is 1. The molecule has 9 heteroatoms. The zero-order valence-electron chi connectivity index (χ0n) is 17.1. The highest BCUT2D eigenvalue weighted by Gasteiger charge is 2.39. The number of aromatic nitrogens is 1. The number of pyridine rings is 1. The molecule has 0 unspecified atom stereocenters. The van der Waals surface area contributed by atoms with Crippen LogP contribution < -0.4 is 10.9 Å². The van der Waals surface area contributed by atoms with Crippen LogP contribution in [0.2, 0.25) is 0 Å². The summed E-state index contributed by atoms with van der Waals surface area (Å²) in [5.41, 5.74) is 0.864. The number of likely N-dealkylation sites (N-methyl/N-ethyl adjacent to an activating group) is 1. The monoisotopic (exact) mass is 430 g/mol. The molecule has 2 aliphatic rings. The van der Waals surface area contributed by atoms with Crippen LogP contribution in [0.4, 0.5) is 5.69 Å². The first kappa shape index (κ1) is 20.8. The summed E-state index contributed by atoms with van der Waals surface area (Å²) in [5.74, 6) is -0.232. The maximum atomic E-state index is 13.1. The summed E-state index contributed by atoms with van der Waals surface area (Å²) in [7, 11) is 0.00681. The van der Waals surface area contributed by atoms with Gasteiger partial charge in [0, 0.05) is 31.2 Å². The van der Waals surface area contributed by atoms with Crippen molar-refractivity contribution >= 4 is 21.6 Å². The Morgan fingerprint density at radius 2 is 1.83 bits per heavy atom. The van der Waals surface area contributed by atoms with E-state index in [2.05, 4.69) is 5.32 Å². The Morgan fingerprint density at radius 3 is 2.53 bits per heavy atom. The van der Waals surface area contributed by atoms with Crippen molar-refractivity contribution in [3.05, 3.63) is 58.5 Å². The van der Waals surface area contributed by atoms with Gasteiger partial charge >= 0.3 is 0 Å². The number of carbonyl (C=O) groups excluding carboxylic acids is 1. The van der Waals surface area contributed by atoms with Crippen LogP contribution in [-0.2, 0) is 21.4 Å². The molecule has 0 aliphatic carbocycles. The van der Waals surface area contributed by atoms with Crippen molar-refractivity contribution in [2.24, 2.45) is 5.92 Å². The average molecular weight is 431 g/mol. The lowest BCUT2D eigenvalue weighted by Gasteiger charge is -2.42. The average Bonchev–Trinajstić information content (AvgIpc) is 2.70. The third-order valence-corrected chi connectivity index (χ3v) is 7.53. The zero-order chi connectivity index (χ0) is 21.5. The molecule has 1 saturated heterocycles. The molecule has 1 fully saturated rings. The molecule has 4 rings (SSSR count). The molecule has 3 heterocycles. The van der Waals surface area contributed by atoms with Gasteiger partial charge in [0.2, 0.25) is 15.9 Å².